The molecule has 4 heteroatoms. The van der Waals surface area contributed by atoms with Crippen LogP contribution < -0.4 is 5.73 Å². The maximum Gasteiger partial charge on any atom is 0.0525 e. The number of nitrogens with two attached hydrogens (primary N) is 1. The molecule has 1 aromatic heterocycles. The van der Waals surface area contributed by atoms with E-state index in [1.807, 2.05) is 17.1 Å². The zero-order chi connectivity index (χ0) is 10.4. The largest absolute Gasteiger partial charge is 0.396 e. The summed E-state index contributed by atoms with van der Waals surface area (Å²) in [6.45, 7) is 3.81. The number of hydrogen-bond acceptors (Lipinski definition) is 3. The highest BCUT2D eigenvalue weighted by atomic mass is 16.3. The van der Waals surface area contributed by atoms with Crippen LogP contribution in [-0.4, -0.2) is 28.0 Å². The van der Waals surface area contributed by atoms with Gasteiger partial charge in [-0.05, 0) is 24.9 Å². The molecule has 1 heterocycles. The average Bonchev–Trinajstić information content (AvgIpc) is 2.63. The van der Waals surface area contributed by atoms with Gasteiger partial charge in [-0.2, -0.15) is 5.10 Å². The van der Waals surface area contributed by atoms with Crippen LogP contribution >= 0.6 is 0 Å². The predicted molar refractivity (Wildman–Crippen MR) is 56.0 cm³/mol. The van der Waals surface area contributed by atoms with Gasteiger partial charge < -0.3 is 10.8 Å². The molecule has 0 saturated carbocycles. The molecule has 1 aromatic rings. The van der Waals surface area contributed by atoms with E-state index < -0.39 is 0 Å². The lowest BCUT2D eigenvalue weighted by Gasteiger charge is -2.09. The van der Waals surface area contributed by atoms with Crippen LogP contribution in [0.2, 0.25) is 0 Å². The van der Waals surface area contributed by atoms with Crippen molar-refractivity contribution in [3.8, 4) is 0 Å². The molecule has 0 aliphatic heterocycles. The highest BCUT2D eigenvalue weighted by Gasteiger charge is 2.10. The second-order valence-electron chi connectivity index (χ2n) is 3.48. The molecule has 1 rings (SSSR count). The van der Waals surface area contributed by atoms with Gasteiger partial charge >= 0.3 is 0 Å². The first-order valence-corrected chi connectivity index (χ1v) is 5.15. The minimum atomic E-state index is 0.181. The fraction of sp³-hybridized carbons (Fsp3) is 0.700. The van der Waals surface area contributed by atoms with E-state index in [-0.39, 0.29) is 12.5 Å². The van der Waals surface area contributed by atoms with Crippen molar-refractivity contribution in [3.63, 3.8) is 0 Å². The van der Waals surface area contributed by atoms with E-state index in [0.717, 1.165) is 18.5 Å². The lowest BCUT2D eigenvalue weighted by atomic mass is 10.00. The third-order valence-electron chi connectivity index (χ3n) is 2.34. The van der Waals surface area contributed by atoms with Crippen molar-refractivity contribution < 1.29 is 5.11 Å². The Balaban J connectivity index is 2.63. The number of rotatable bonds is 6. The van der Waals surface area contributed by atoms with Gasteiger partial charge in [0.25, 0.3) is 0 Å². The molecular formula is C10H19N3O. The van der Waals surface area contributed by atoms with E-state index in [2.05, 4.69) is 12.0 Å². The van der Waals surface area contributed by atoms with Gasteiger partial charge in [0, 0.05) is 25.3 Å². The molecule has 0 aliphatic rings. The topological polar surface area (TPSA) is 64.1 Å². The highest BCUT2D eigenvalue weighted by molar-refractivity contribution is 5.11. The van der Waals surface area contributed by atoms with Crippen LogP contribution in [0.25, 0.3) is 0 Å². The van der Waals surface area contributed by atoms with Gasteiger partial charge in [-0.25, -0.2) is 0 Å². The Morgan fingerprint density at radius 2 is 2.43 bits per heavy atom. The van der Waals surface area contributed by atoms with Crippen LogP contribution in [-0.2, 0) is 6.54 Å². The van der Waals surface area contributed by atoms with E-state index in [1.165, 1.54) is 0 Å². The maximum absolute atomic E-state index is 8.86. The molecule has 14 heavy (non-hydrogen) atoms. The molecule has 0 bridgehead atoms. The molecular weight excluding hydrogens is 178 g/mol. The number of aliphatic hydroxyl groups is 1. The molecule has 0 aromatic carbocycles. The summed E-state index contributed by atoms with van der Waals surface area (Å²) in [5, 5.41) is 13.1. The summed E-state index contributed by atoms with van der Waals surface area (Å²) in [4.78, 5) is 0. The van der Waals surface area contributed by atoms with Crippen molar-refractivity contribution in [2.45, 2.75) is 32.2 Å². The fourth-order valence-corrected chi connectivity index (χ4v) is 1.52. The van der Waals surface area contributed by atoms with Gasteiger partial charge in [0.15, 0.2) is 0 Å². The van der Waals surface area contributed by atoms with Gasteiger partial charge in [0.2, 0.25) is 0 Å². The fourth-order valence-electron chi connectivity index (χ4n) is 1.52. The summed E-state index contributed by atoms with van der Waals surface area (Å²) < 4.78 is 1.93. The van der Waals surface area contributed by atoms with Crippen molar-refractivity contribution in [1.82, 2.24) is 9.78 Å². The van der Waals surface area contributed by atoms with E-state index >= 15 is 0 Å². The molecule has 0 fully saturated rings. The number of aliphatic hydroxyl groups excluding tert-OH is 1. The van der Waals surface area contributed by atoms with Crippen molar-refractivity contribution in [2.75, 3.05) is 13.2 Å². The van der Waals surface area contributed by atoms with Gasteiger partial charge in [0.1, 0.15) is 0 Å². The summed E-state index contributed by atoms with van der Waals surface area (Å²) in [6.07, 6.45) is 5.67. The van der Waals surface area contributed by atoms with E-state index in [9.17, 15) is 0 Å². The van der Waals surface area contributed by atoms with Crippen molar-refractivity contribution in [3.05, 3.63) is 18.0 Å². The number of aromatic nitrogens is 2. The van der Waals surface area contributed by atoms with Gasteiger partial charge in [-0.1, -0.05) is 6.92 Å². The molecule has 4 nitrogen and oxygen atoms in total. The smallest absolute Gasteiger partial charge is 0.0525 e. The van der Waals surface area contributed by atoms with E-state index in [4.69, 9.17) is 10.8 Å². The third-order valence-corrected chi connectivity index (χ3v) is 2.34. The molecule has 0 amide bonds. The van der Waals surface area contributed by atoms with Crippen molar-refractivity contribution >= 4 is 0 Å². The Morgan fingerprint density at radius 3 is 3.00 bits per heavy atom. The zero-order valence-corrected chi connectivity index (χ0v) is 8.69. The summed E-state index contributed by atoms with van der Waals surface area (Å²) in [7, 11) is 0. The Kier molecular flexibility index (Phi) is 4.62. The monoisotopic (exact) mass is 197 g/mol. The Morgan fingerprint density at radius 1 is 1.64 bits per heavy atom. The SMILES string of the molecule is CCCn1cc(C(CN)CCO)cn1. The summed E-state index contributed by atoms with van der Waals surface area (Å²) in [5.41, 5.74) is 6.76. The summed E-state index contributed by atoms with van der Waals surface area (Å²) >= 11 is 0. The van der Waals surface area contributed by atoms with Gasteiger partial charge in [0.05, 0.1) is 6.20 Å². The lowest BCUT2D eigenvalue weighted by molar-refractivity contribution is 0.276. The molecule has 3 N–H and O–H groups in total. The summed E-state index contributed by atoms with van der Waals surface area (Å²) in [5.74, 6) is 0.241. The minimum Gasteiger partial charge on any atom is -0.396 e. The molecule has 0 radical (unpaired) electrons. The van der Waals surface area contributed by atoms with Crippen LogP contribution in [0, 0.1) is 0 Å². The normalized spacial score (nSPS) is 13.1. The Hall–Kier alpha value is -0.870. The van der Waals surface area contributed by atoms with Crippen LogP contribution in [0.3, 0.4) is 0 Å². The molecule has 1 unspecified atom stereocenters. The van der Waals surface area contributed by atoms with Crippen molar-refractivity contribution in [1.29, 1.82) is 0 Å². The standard InChI is InChI=1S/C10H19N3O/c1-2-4-13-8-10(7-12-13)9(6-11)3-5-14/h7-9,14H,2-6,11H2,1H3. The maximum atomic E-state index is 8.86. The van der Waals surface area contributed by atoms with Crippen LogP contribution in [0.15, 0.2) is 12.4 Å². The lowest BCUT2D eigenvalue weighted by Crippen LogP contribution is -2.13. The quantitative estimate of drug-likeness (QED) is 0.706. The average molecular weight is 197 g/mol. The molecule has 1 atom stereocenters. The third kappa shape index (κ3) is 2.82. The molecule has 0 aliphatic carbocycles. The van der Waals surface area contributed by atoms with E-state index in [0.29, 0.717) is 13.0 Å². The van der Waals surface area contributed by atoms with Crippen LogP contribution in [0.5, 0.6) is 0 Å². The van der Waals surface area contributed by atoms with Gasteiger partial charge in [-0.15, -0.1) is 0 Å². The predicted octanol–water partition coefficient (Wildman–Crippen LogP) is 0.718. The first kappa shape index (κ1) is 11.2. The number of nitrogens with zero attached hydrogens (tertiary/aromatic N) is 2. The molecule has 80 valence electrons. The first-order valence-electron chi connectivity index (χ1n) is 5.15. The Bertz CT molecular complexity index is 260. The second kappa shape index (κ2) is 5.78. The first-order chi connectivity index (χ1) is 6.81. The summed E-state index contributed by atoms with van der Waals surface area (Å²) in [6, 6.07) is 0. The second-order valence-corrected chi connectivity index (χ2v) is 3.48. The zero-order valence-electron chi connectivity index (χ0n) is 8.69. The van der Waals surface area contributed by atoms with Crippen LogP contribution in [0.4, 0.5) is 0 Å². The molecule has 0 saturated heterocycles. The number of aryl methyl sites for hydroxylation is 1. The highest BCUT2D eigenvalue weighted by Crippen LogP contribution is 2.17. The number of hydrogen-bond donors (Lipinski definition) is 2. The Labute approximate surface area is 84.7 Å². The van der Waals surface area contributed by atoms with Gasteiger partial charge in [-0.3, -0.25) is 4.68 Å². The minimum absolute atomic E-state index is 0.181. The van der Waals surface area contributed by atoms with Crippen molar-refractivity contribution in [2.24, 2.45) is 5.73 Å². The van der Waals surface area contributed by atoms with Crippen LogP contribution in [0.1, 0.15) is 31.2 Å². The molecule has 0 spiro atoms. The van der Waals surface area contributed by atoms with E-state index in [1.54, 1.807) is 0 Å².